The molecule has 2 rings (SSSR count). The first-order chi connectivity index (χ1) is 7.71. The fourth-order valence-electron chi connectivity index (χ4n) is 2.86. The van der Waals surface area contributed by atoms with Gasteiger partial charge in [0.25, 0.3) is 0 Å². The number of amides is 1. The van der Waals surface area contributed by atoms with E-state index in [1.165, 1.54) is 0 Å². The molecule has 0 radical (unpaired) electrons. The summed E-state index contributed by atoms with van der Waals surface area (Å²) in [6.45, 7) is 8.69. The molecule has 4 heteroatoms. The second-order valence-electron chi connectivity index (χ2n) is 6.60. The molecule has 1 heterocycles. The highest BCUT2D eigenvalue weighted by molar-refractivity contribution is 5.80. The minimum absolute atomic E-state index is 0.0456. The van der Waals surface area contributed by atoms with E-state index in [1.807, 2.05) is 11.8 Å². The van der Waals surface area contributed by atoms with Crippen molar-refractivity contribution in [1.82, 2.24) is 9.80 Å². The van der Waals surface area contributed by atoms with Crippen molar-refractivity contribution in [2.45, 2.75) is 44.8 Å². The summed E-state index contributed by atoms with van der Waals surface area (Å²) in [5.74, 6) is 0.280. The van der Waals surface area contributed by atoms with Gasteiger partial charge in [-0.3, -0.25) is 9.69 Å². The largest absolute Gasteiger partial charge is 0.390 e. The second-order valence-corrected chi connectivity index (χ2v) is 6.60. The number of nitrogens with zero attached hydrogens (tertiary/aromatic N) is 2. The van der Waals surface area contributed by atoms with Crippen LogP contribution in [0.3, 0.4) is 0 Å². The van der Waals surface area contributed by atoms with Crippen molar-refractivity contribution in [3.63, 3.8) is 0 Å². The van der Waals surface area contributed by atoms with E-state index in [1.54, 1.807) is 0 Å². The van der Waals surface area contributed by atoms with Crippen molar-refractivity contribution in [1.29, 1.82) is 0 Å². The van der Waals surface area contributed by atoms with Gasteiger partial charge in [-0.15, -0.1) is 0 Å². The number of rotatable bonds is 1. The van der Waals surface area contributed by atoms with Crippen LogP contribution in [0.2, 0.25) is 0 Å². The highest BCUT2D eigenvalue weighted by Crippen LogP contribution is 2.38. The van der Waals surface area contributed by atoms with E-state index in [9.17, 15) is 9.90 Å². The van der Waals surface area contributed by atoms with Crippen LogP contribution in [-0.4, -0.2) is 58.6 Å². The van der Waals surface area contributed by atoms with Gasteiger partial charge < -0.3 is 10.0 Å². The molecule has 1 aliphatic heterocycles. The van der Waals surface area contributed by atoms with Gasteiger partial charge in [-0.25, -0.2) is 0 Å². The first-order valence-corrected chi connectivity index (χ1v) is 6.44. The number of carbonyl (C=O) groups is 1. The summed E-state index contributed by atoms with van der Waals surface area (Å²) in [5.41, 5.74) is -0.553. The Kier molecular flexibility index (Phi) is 2.99. The van der Waals surface area contributed by atoms with Gasteiger partial charge in [-0.2, -0.15) is 0 Å². The maximum atomic E-state index is 12.3. The van der Waals surface area contributed by atoms with Crippen molar-refractivity contribution in [2.75, 3.05) is 26.7 Å². The Hall–Kier alpha value is -0.610. The molecular formula is C13H24N2O2. The van der Waals surface area contributed by atoms with Crippen LogP contribution in [0.15, 0.2) is 0 Å². The van der Waals surface area contributed by atoms with E-state index in [0.29, 0.717) is 12.8 Å². The average molecular weight is 240 g/mol. The van der Waals surface area contributed by atoms with E-state index in [2.05, 4.69) is 25.8 Å². The topological polar surface area (TPSA) is 43.8 Å². The number of carbonyl (C=O) groups excluding carboxylic acids is 1. The number of piperazine rings is 1. The summed E-state index contributed by atoms with van der Waals surface area (Å²) in [4.78, 5) is 16.5. The van der Waals surface area contributed by atoms with Crippen LogP contribution in [0.1, 0.15) is 33.6 Å². The minimum atomic E-state index is -0.609. The Morgan fingerprint density at radius 2 is 1.82 bits per heavy atom. The van der Waals surface area contributed by atoms with E-state index in [-0.39, 0.29) is 17.4 Å². The predicted molar refractivity (Wildman–Crippen MR) is 66.6 cm³/mol. The first-order valence-electron chi connectivity index (χ1n) is 6.44. The molecule has 0 aromatic carbocycles. The van der Waals surface area contributed by atoms with Gasteiger partial charge in [0.1, 0.15) is 0 Å². The SMILES string of the molecule is CN1CCN(C(=O)C2CC(C)(O)C2)CC1(C)C. The van der Waals surface area contributed by atoms with Gasteiger partial charge in [0, 0.05) is 31.1 Å². The van der Waals surface area contributed by atoms with E-state index in [4.69, 9.17) is 0 Å². The van der Waals surface area contributed by atoms with Crippen molar-refractivity contribution >= 4 is 5.91 Å². The lowest BCUT2D eigenvalue weighted by Gasteiger charge is -2.48. The van der Waals surface area contributed by atoms with Crippen LogP contribution in [0.4, 0.5) is 0 Å². The molecule has 0 atom stereocenters. The molecule has 1 amide bonds. The number of hydrogen-bond donors (Lipinski definition) is 1. The summed E-state index contributed by atoms with van der Waals surface area (Å²) in [7, 11) is 2.11. The first kappa shape index (κ1) is 12.8. The third-order valence-corrected chi connectivity index (χ3v) is 4.35. The zero-order valence-electron chi connectivity index (χ0n) is 11.4. The molecule has 4 nitrogen and oxygen atoms in total. The Labute approximate surface area is 104 Å². The summed E-state index contributed by atoms with van der Waals surface area (Å²) >= 11 is 0. The molecule has 0 unspecified atom stereocenters. The van der Waals surface area contributed by atoms with E-state index in [0.717, 1.165) is 19.6 Å². The van der Waals surface area contributed by atoms with E-state index < -0.39 is 5.60 Å². The van der Waals surface area contributed by atoms with Gasteiger partial charge >= 0.3 is 0 Å². The minimum Gasteiger partial charge on any atom is -0.390 e. The normalized spacial score (nSPS) is 37.7. The summed E-state index contributed by atoms with van der Waals surface area (Å²) in [5, 5.41) is 9.70. The molecule has 0 spiro atoms. The summed E-state index contributed by atoms with van der Waals surface area (Å²) in [6, 6.07) is 0. The lowest BCUT2D eigenvalue weighted by atomic mass is 9.71. The fourth-order valence-corrected chi connectivity index (χ4v) is 2.86. The van der Waals surface area contributed by atoms with Gasteiger partial charge in [-0.1, -0.05) is 0 Å². The third kappa shape index (κ3) is 2.47. The smallest absolute Gasteiger partial charge is 0.226 e. The molecule has 1 saturated heterocycles. The van der Waals surface area contributed by atoms with Crippen LogP contribution in [0.5, 0.6) is 0 Å². The molecular weight excluding hydrogens is 216 g/mol. The Balaban J connectivity index is 1.94. The lowest BCUT2D eigenvalue weighted by Crippen LogP contribution is -2.61. The standard InChI is InChI=1S/C13H24N2O2/c1-12(2)9-15(6-5-14(12)4)11(16)10-7-13(3,17)8-10/h10,17H,5-9H2,1-4H3. The molecule has 2 fully saturated rings. The highest BCUT2D eigenvalue weighted by Gasteiger charge is 2.45. The third-order valence-electron chi connectivity index (χ3n) is 4.35. The quantitative estimate of drug-likeness (QED) is 0.734. The summed E-state index contributed by atoms with van der Waals surface area (Å²) in [6.07, 6.45) is 1.25. The number of aliphatic hydroxyl groups is 1. The van der Waals surface area contributed by atoms with Crippen molar-refractivity contribution in [2.24, 2.45) is 5.92 Å². The van der Waals surface area contributed by atoms with Crippen molar-refractivity contribution < 1.29 is 9.90 Å². The van der Waals surface area contributed by atoms with Crippen LogP contribution >= 0.6 is 0 Å². The maximum absolute atomic E-state index is 12.3. The lowest BCUT2D eigenvalue weighted by molar-refractivity contribution is -0.153. The molecule has 1 saturated carbocycles. The van der Waals surface area contributed by atoms with E-state index >= 15 is 0 Å². The Morgan fingerprint density at radius 3 is 2.29 bits per heavy atom. The molecule has 2 aliphatic rings. The van der Waals surface area contributed by atoms with Gasteiger partial charge in [0.05, 0.1) is 5.60 Å². The maximum Gasteiger partial charge on any atom is 0.226 e. The van der Waals surface area contributed by atoms with Crippen LogP contribution < -0.4 is 0 Å². The fraction of sp³-hybridized carbons (Fsp3) is 0.923. The Morgan fingerprint density at radius 1 is 1.24 bits per heavy atom. The average Bonchev–Trinajstić information content (AvgIpc) is 2.17. The molecule has 0 bridgehead atoms. The van der Waals surface area contributed by atoms with Crippen molar-refractivity contribution in [3.8, 4) is 0 Å². The zero-order valence-corrected chi connectivity index (χ0v) is 11.4. The molecule has 98 valence electrons. The predicted octanol–water partition coefficient (Wildman–Crippen LogP) is 0.700. The highest BCUT2D eigenvalue weighted by atomic mass is 16.3. The van der Waals surface area contributed by atoms with Gasteiger partial charge in [0.2, 0.25) is 5.91 Å². The molecule has 1 N–H and O–H groups in total. The monoisotopic (exact) mass is 240 g/mol. The molecule has 17 heavy (non-hydrogen) atoms. The molecule has 0 aromatic heterocycles. The van der Waals surface area contributed by atoms with Crippen LogP contribution in [0.25, 0.3) is 0 Å². The van der Waals surface area contributed by atoms with Gasteiger partial charge in [0.15, 0.2) is 0 Å². The molecule has 1 aliphatic carbocycles. The summed E-state index contributed by atoms with van der Waals surface area (Å²) < 4.78 is 0. The zero-order chi connectivity index (χ0) is 12.8. The van der Waals surface area contributed by atoms with Crippen LogP contribution in [-0.2, 0) is 4.79 Å². The second kappa shape index (κ2) is 3.95. The number of likely N-dealkylation sites (N-methyl/N-ethyl adjacent to an activating group) is 1. The van der Waals surface area contributed by atoms with Gasteiger partial charge in [-0.05, 0) is 40.7 Å². The van der Waals surface area contributed by atoms with Crippen LogP contribution in [0, 0.1) is 5.92 Å². The molecule has 0 aromatic rings. The number of hydrogen-bond acceptors (Lipinski definition) is 3. The van der Waals surface area contributed by atoms with Crippen molar-refractivity contribution in [3.05, 3.63) is 0 Å². The Bertz CT molecular complexity index is 317.